The topological polar surface area (TPSA) is 180 Å². The molecule has 0 aliphatic carbocycles. The van der Waals surface area contributed by atoms with Crippen LogP contribution in [0.4, 0.5) is 14.4 Å². The van der Waals surface area contributed by atoms with Gasteiger partial charge in [0.15, 0.2) is 0 Å². The van der Waals surface area contributed by atoms with Crippen molar-refractivity contribution >= 4 is 18.1 Å². The predicted octanol–water partition coefficient (Wildman–Crippen LogP) is -1.38. The first-order valence-electron chi connectivity index (χ1n) is 2.41. The number of carbonyl (C=O) groups excluding carboxylic acids is 3. The fraction of sp³-hybridized carbons (Fsp3) is 0. The van der Waals surface area contributed by atoms with Crippen LogP contribution in [-0.4, -0.2) is 18.1 Å². The van der Waals surface area contributed by atoms with Crippen molar-refractivity contribution in [1.82, 2.24) is 0 Å². The zero-order chi connectivity index (χ0) is 10.1. The summed E-state index contributed by atoms with van der Waals surface area (Å²) in [4.78, 5) is 28.3. The summed E-state index contributed by atoms with van der Waals surface area (Å²) in [7, 11) is 0. The average molecular weight is 176 g/mol. The Morgan fingerprint density at radius 2 is 0.917 bits per heavy atom. The Bertz CT molecular complexity index is 190. The third-order valence-corrected chi connectivity index (χ3v) is 0.247. The molecule has 0 rings (SSSR count). The Hall–Kier alpha value is -2.19. The molecule has 0 radical (unpaired) electrons. The summed E-state index contributed by atoms with van der Waals surface area (Å²) in [5, 5.41) is 5.23. The maximum Gasteiger partial charge on any atom is 0.357 e. The van der Waals surface area contributed by atoms with Crippen molar-refractivity contribution in [3.05, 3.63) is 0 Å². The lowest BCUT2D eigenvalue weighted by Gasteiger charge is -1.74. The molecule has 9 heteroatoms. The number of amides is 6. The highest BCUT2D eigenvalue weighted by Crippen LogP contribution is 1.72. The predicted molar refractivity (Wildman–Crippen MR) is 37.8 cm³/mol. The van der Waals surface area contributed by atoms with E-state index in [2.05, 4.69) is 33.2 Å². The van der Waals surface area contributed by atoms with Crippen LogP contribution in [0.1, 0.15) is 0 Å². The van der Waals surface area contributed by atoms with Crippen LogP contribution in [-0.2, 0) is 0 Å². The average Bonchev–Trinajstić information content (AvgIpc) is 1.82. The lowest BCUT2D eigenvalue weighted by Crippen LogP contribution is -2.18. The number of primary amides is 4. The summed E-state index contributed by atoms with van der Waals surface area (Å²) in [5.74, 6) is 0. The number of urea groups is 3. The maximum atomic E-state index is 9.66. The minimum atomic E-state index is -1.04. The molecule has 0 atom stereocenters. The van der Waals surface area contributed by atoms with Gasteiger partial charge in [0.1, 0.15) is 0 Å². The lowest BCUT2D eigenvalue weighted by molar-refractivity contribution is 0.249. The number of rotatable bonds is 0. The van der Waals surface area contributed by atoms with Gasteiger partial charge in [0, 0.05) is 0 Å². The van der Waals surface area contributed by atoms with E-state index >= 15 is 0 Å². The lowest BCUT2D eigenvalue weighted by atomic mass is 11.1. The molecule has 0 aromatic rings. The van der Waals surface area contributed by atoms with Crippen LogP contribution in [0.2, 0.25) is 0 Å². The Morgan fingerprint density at radius 1 is 0.750 bits per heavy atom. The molecule has 0 heterocycles. The monoisotopic (exact) mass is 176 g/mol. The molecule has 9 nitrogen and oxygen atoms in total. The molecule has 8 N–H and O–H groups in total. The van der Waals surface area contributed by atoms with Crippen LogP contribution < -0.4 is 22.9 Å². The van der Waals surface area contributed by atoms with Gasteiger partial charge in [0.25, 0.3) is 0 Å². The van der Waals surface area contributed by atoms with Gasteiger partial charge in [-0.25, -0.2) is 14.4 Å². The molecular weight excluding hydrogens is 168 g/mol. The van der Waals surface area contributed by atoms with Crippen molar-refractivity contribution in [2.75, 3.05) is 0 Å². The van der Waals surface area contributed by atoms with Crippen molar-refractivity contribution in [3.63, 3.8) is 0 Å². The summed E-state index contributed by atoms with van der Waals surface area (Å²) in [6.45, 7) is 0. The van der Waals surface area contributed by atoms with Gasteiger partial charge in [0.05, 0.1) is 0 Å². The molecule has 0 aliphatic rings. The second kappa shape index (κ2) is 6.92. The van der Waals surface area contributed by atoms with Gasteiger partial charge in [-0.3, -0.25) is 0 Å². The van der Waals surface area contributed by atoms with Gasteiger partial charge in [-0.1, -0.05) is 10.2 Å². The molecule has 6 amide bonds. The zero-order valence-corrected chi connectivity index (χ0v) is 5.93. The van der Waals surface area contributed by atoms with E-state index in [9.17, 15) is 9.59 Å². The molecular formula is C3H8N6O3. The van der Waals surface area contributed by atoms with E-state index in [0.717, 1.165) is 0 Å². The molecule has 0 spiro atoms. The third kappa shape index (κ3) is 45.9. The van der Waals surface area contributed by atoms with Crippen molar-refractivity contribution in [1.29, 1.82) is 0 Å². The minimum absolute atomic E-state index is 0.833. The summed E-state index contributed by atoms with van der Waals surface area (Å²) in [5.41, 5.74) is 17.4. The van der Waals surface area contributed by atoms with Crippen molar-refractivity contribution in [3.8, 4) is 0 Å². The van der Waals surface area contributed by atoms with E-state index in [1.165, 1.54) is 0 Å². The molecule has 12 heavy (non-hydrogen) atoms. The largest absolute Gasteiger partial charge is 0.357 e. The molecule has 0 bridgehead atoms. The summed E-state index contributed by atoms with van der Waals surface area (Å²) >= 11 is 0. The number of carbonyl (C=O) groups is 3. The highest BCUT2D eigenvalue weighted by Gasteiger charge is 1.86. The Labute approximate surface area is 66.8 Å². The van der Waals surface area contributed by atoms with Crippen molar-refractivity contribution in [2.45, 2.75) is 0 Å². The molecule has 0 unspecified atom stereocenters. The number of nitrogens with zero attached hydrogens (tertiary/aromatic N) is 2. The Morgan fingerprint density at radius 3 is 1.00 bits per heavy atom. The number of hydrogen-bond donors (Lipinski definition) is 4. The molecule has 0 saturated carbocycles. The Balaban J connectivity index is 0. The second-order valence-electron chi connectivity index (χ2n) is 1.28. The first-order valence-corrected chi connectivity index (χ1v) is 2.41. The van der Waals surface area contributed by atoms with Gasteiger partial charge < -0.3 is 22.9 Å². The molecule has 0 aromatic heterocycles. The van der Waals surface area contributed by atoms with Gasteiger partial charge in [-0.05, 0) is 0 Å². The number of azo groups is 1. The first-order chi connectivity index (χ1) is 5.36. The quantitative estimate of drug-likeness (QED) is 0.332. The van der Waals surface area contributed by atoms with Crippen LogP contribution in [0.3, 0.4) is 0 Å². The first kappa shape index (κ1) is 12.5. The maximum absolute atomic E-state index is 9.66. The highest BCUT2D eigenvalue weighted by atomic mass is 16.2. The van der Waals surface area contributed by atoms with E-state index in [1.807, 2.05) is 0 Å². The molecule has 0 saturated heterocycles. The van der Waals surface area contributed by atoms with Crippen LogP contribution in [0, 0.1) is 0 Å². The van der Waals surface area contributed by atoms with Crippen LogP contribution >= 0.6 is 0 Å². The fourth-order valence-electron chi connectivity index (χ4n) is 0.0986. The van der Waals surface area contributed by atoms with E-state index in [4.69, 9.17) is 4.79 Å². The van der Waals surface area contributed by atoms with Crippen molar-refractivity contribution < 1.29 is 14.4 Å². The zero-order valence-electron chi connectivity index (χ0n) is 5.93. The second-order valence-corrected chi connectivity index (χ2v) is 1.28. The van der Waals surface area contributed by atoms with E-state index in [1.54, 1.807) is 0 Å². The van der Waals surface area contributed by atoms with Crippen LogP contribution in [0.15, 0.2) is 10.2 Å². The van der Waals surface area contributed by atoms with Gasteiger partial charge >= 0.3 is 18.1 Å². The Kier molecular flexibility index (Phi) is 7.20. The molecule has 68 valence electrons. The minimum Gasteiger partial charge on any atom is -0.352 e. The molecule has 0 fully saturated rings. The van der Waals surface area contributed by atoms with Gasteiger partial charge in [-0.15, -0.1) is 0 Å². The van der Waals surface area contributed by atoms with Crippen molar-refractivity contribution in [2.24, 2.45) is 33.2 Å². The standard InChI is InChI=1S/C2H4N4O2.CH4N2O/c3-1(7)5-6-2(4)8;2-1(3)4/h(H2,3,7)(H2,4,8);(H4,2,3,4)/b6-5+;. The number of nitrogens with two attached hydrogens (primary N) is 4. The van der Waals surface area contributed by atoms with E-state index < -0.39 is 18.1 Å². The summed E-state index contributed by atoms with van der Waals surface area (Å²) < 4.78 is 0. The van der Waals surface area contributed by atoms with Gasteiger partial charge in [0.2, 0.25) is 0 Å². The smallest absolute Gasteiger partial charge is 0.352 e. The van der Waals surface area contributed by atoms with E-state index in [0.29, 0.717) is 0 Å². The summed E-state index contributed by atoms with van der Waals surface area (Å²) in [6.07, 6.45) is 0. The summed E-state index contributed by atoms with van der Waals surface area (Å²) in [6, 6.07) is -2.91. The van der Waals surface area contributed by atoms with Gasteiger partial charge in [-0.2, -0.15) is 0 Å². The molecule has 0 aromatic carbocycles. The normalized spacial score (nSPS) is 8.33. The third-order valence-electron chi connectivity index (χ3n) is 0.247. The van der Waals surface area contributed by atoms with Crippen LogP contribution in [0.5, 0.6) is 0 Å². The highest BCUT2D eigenvalue weighted by molar-refractivity contribution is 5.77. The van der Waals surface area contributed by atoms with E-state index in [-0.39, 0.29) is 0 Å². The van der Waals surface area contributed by atoms with Crippen LogP contribution in [0.25, 0.3) is 0 Å². The SMILES string of the molecule is NC(=O)/N=N/C(N)=O.NC(N)=O. The number of hydrogen-bond acceptors (Lipinski definition) is 3. The molecule has 0 aliphatic heterocycles. The fourth-order valence-corrected chi connectivity index (χ4v) is 0.0986.